The predicted octanol–water partition coefficient (Wildman–Crippen LogP) is 3.53. The van der Waals surface area contributed by atoms with Gasteiger partial charge in [-0.15, -0.1) is 0 Å². The van der Waals surface area contributed by atoms with Crippen LogP contribution in [0.4, 0.5) is 0 Å². The Labute approximate surface area is 148 Å². The SMILES string of the molecule is Cc1ccccc1CN1C[C@@H]2C[C@@H](c3ccco3)N3CCC[C@@]23C1=O. The average molecular weight is 336 g/mol. The summed E-state index contributed by atoms with van der Waals surface area (Å²) in [5.41, 5.74) is 2.25. The van der Waals surface area contributed by atoms with Crippen LogP contribution in [0.1, 0.15) is 42.2 Å². The van der Waals surface area contributed by atoms with Gasteiger partial charge in [-0.05, 0) is 49.4 Å². The third-order valence-corrected chi connectivity index (χ3v) is 6.62. The fourth-order valence-electron chi connectivity index (χ4n) is 5.46. The van der Waals surface area contributed by atoms with E-state index in [2.05, 4.69) is 47.1 Å². The number of carbonyl (C=O) groups excluding carboxylic acids is 1. The minimum atomic E-state index is -0.278. The second-order valence-electron chi connectivity index (χ2n) is 7.80. The van der Waals surface area contributed by atoms with Gasteiger partial charge in [-0.1, -0.05) is 24.3 Å². The molecule has 3 aliphatic rings. The number of likely N-dealkylation sites (tertiary alicyclic amines) is 1. The predicted molar refractivity (Wildman–Crippen MR) is 94.8 cm³/mol. The zero-order chi connectivity index (χ0) is 17.0. The smallest absolute Gasteiger partial charge is 0.243 e. The van der Waals surface area contributed by atoms with Crippen LogP contribution in [0.3, 0.4) is 0 Å². The molecule has 130 valence electrons. The lowest BCUT2D eigenvalue weighted by Crippen LogP contribution is -2.49. The van der Waals surface area contributed by atoms with Crippen LogP contribution in [-0.2, 0) is 11.3 Å². The summed E-state index contributed by atoms with van der Waals surface area (Å²) in [5.74, 6) is 1.78. The molecule has 0 aliphatic carbocycles. The summed E-state index contributed by atoms with van der Waals surface area (Å²) in [6.45, 7) is 4.75. The number of benzene rings is 1. The molecule has 3 fully saturated rings. The first-order valence-electron chi connectivity index (χ1n) is 9.34. The molecule has 4 nitrogen and oxygen atoms in total. The van der Waals surface area contributed by atoms with Gasteiger partial charge in [-0.2, -0.15) is 0 Å². The van der Waals surface area contributed by atoms with Gasteiger partial charge in [0.2, 0.25) is 5.91 Å². The molecule has 25 heavy (non-hydrogen) atoms. The first-order valence-corrected chi connectivity index (χ1v) is 9.34. The standard InChI is InChI=1S/C21H24N2O2/c1-15-6-2-3-7-16(15)13-22-14-17-12-18(19-8-4-11-25-19)23-10-5-9-21(17,23)20(22)24/h2-4,6-8,11,17-18H,5,9-10,12-14H2,1H3/t17-,18-,21-/m0/s1. The molecule has 2 aromatic rings. The fourth-order valence-corrected chi connectivity index (χ4v) is 5.46. The number of amides is 1. The van der Waals surface area contributed by atoms with Gasteiger partial charge in [0.25, 0.3) is 0 Å². The van der Waals surface area contributed by atoms with Gasteiger partial charge in [0, 0.05) is 25.6 Å². The van der Waals surface area contributed by atoms with Gasteiger partial charge >= 0.3 is 0 Å². The van der Waals surface area contributed by atoms with Gasteiger partial charge in [0.1, 0.15) is 11.3 Å². The van der Waals surface area contributed by atoms with Crippen LogP contribution in [0.25, 0.3) is 0 Å². The van der Waals surface area contributed by atoms with Gasteiger partial charge in [-0.3, -0.25) is 9.69 Å². The van der Waals surface area contributed by atoms with E-state index < -0.39 is 0 Å². The lowest BCUT2D eigenvalue weighted by atomic mass is 9.85. The summed E-state index contributed by atoms with van der Waals surface area (Å²) < 4.78 is 5.69. The molecular weight excluding hydrogens is 312 g/mol. The van der Waals surface area contributed by atoms with E-state index >= 15 is 0 Å². The van der Waals surface area contributed by atoms with Crippen molar-refractivity contribution in [1.82, 2.24) is 9.80 Å². The lowest BCUT2D eigenvalue weighted by Gasteiger charge is -2.32. The van der Waals surface area contributed by atoms with Crippen LogP contribution in [-0.4, -0.2) is 34.3 Å². The molecule has 0 unspecified atom stereocenters. The molecule has 3 saturated heterocycles. The highest BCUT2D eigenvalue weighted by molar-refractivity contribution is 5.90. The Morgan fingerprint density at radius 2 is 2.12 bits per heavy atom. The lowest BCUT2D eigenvalue weighted by molar-refractivity contribution is -0.137. The Bertz CT molecular complexity index is 800. The van der Waals surface area contributed by atoms with Crippen LogP contribution < -0.4 is 0 Å². The Balaban J connectivity index is 1.44. The molecule has 0 bridgehead atoms. The third-order valence-electron chi connectivity index (χ3n) is 6.62. The van der Waals surface area contributed by atoms with Crippen LogP contribution in [0.2, 0.25) is 0 Å². The Hall–Kier alpha value is -2.07. The molecule has 0 radical (unpaired) electrons. The molecule has 0 N–H and O–H groups in total. The molecule has 1 amide bonds. The third kappa shape index (κ3) is 2.07. The van der Waals surface area contributed by atoms with Crippen molar-refractivity contribution in [3.05, 3.63) is 59.5 Å². The van der Waals surface area contributed by atoms with Crippen molar-refractivity contribution in [3.63, 3.8) is 0 Å². The van der Waals surface area contributed by atoms with E-state index in [0.717, 1.165) is 44.7 Å². The zero-order valence-electron chi connectivity index (χ0n) is 14.6. The van der Waals surface area contributed by atoms with E-state index in [1.807, 2.05) is 6.07 Å². The van der Waals surface area contributed by atoms with Crippen molar-refractivity contribution < 1.29 is 9.21 Å². The quantitative estimate of drug-likeness (QED) is 0.860. The first kappa shape index (κ1) is 15.2. The minimum Gasteiger partial charge on any atom is -0.468 e. The molecule has 1 aromatic heterocycles. The van der Waals surface area contributed by atoms with Crippen molar-refractivity contribution in [2.75, 3.05) is 13.1 Å². The summed E-state index contributed by atoms with van der Waals surface area (Å²) in [6, 6.07) is 12.7. The molecular formula is C21H24N2O2. The van der Waals surface area contributed by atoms with E-state index in [0.29, 0.717) is 11.8 Å². The number of rotatable bonds is 3. The van der Waals surface area contributed by atoms with Crippen molar-refractivity contribution in [2.45, 2.75) is 44.3 Å². The van der Waals surface area contributed by atoms with Gasteiger partial charge < -0.3 is 9.32 Å². The van der Waals surface area contributed by atoms with E-state index in [4.69, 9.17) is 4.42 Å². The van der Waals surface area contributed by atoms with Gasteiger partial charge in [-0.25, -0.2) is 0 Å². The normalized spacial score (nSPS) is 31.6. The minimum absolute atomic E-state index is 0.270. The number of nitrogens with zero attached hydrogens (tertiary/aromatic N) is 2. The second-order valence-corrected chi connectivity index (χ2v) is 7.80. The topological polar surface area (TPSA) is 36.7 Å². The summed E-state index contributed by atoms with van der Waals surface area (Å²) in [4.78, 5) is 18.0. The average Bonchev–Trinajstić information content (AvgIpc) is 3.35. The Kier molecular flexibility index (Phi) is 3.32. The molecule has 1 spiro atoms. The van der Waals surface area contributed by atoms with Crippen LogP contribution >= 0.6 is 0 Å². The van der Waals surface area contributed by atoms with E-state index in [-0.39, 0.29) is 11.6 Å². The molecule has 4 heteroatoms. The number of furan rings is 1. The maximum absolute atomic E-state index is 13.5. The fraction of sp³-hybridized carbons (Fsp3) is 0.476. The Morgan fingerprint density at radius 1 is 1.24 bits per heavy atom. The van der Waals surface area contributed by atoms with Crippen molar-refractivity contribution >= 4 is 5.91 Å². The largest absolute Gasteiger partial charge is 0.468 e. The molecule has 3 aliphatic heterocycles. The molecule has 5 rings (SSSR count). The van der Waals surface area contributed by atoms with E-state index in [9.17, 15) is 4.79 Å². The zero-order valence-corrected chi connectivity index (χ0v) is 14.6. The van der Waals surface area contributed by atoms with Gasteiger partial charge in [0.15, 0.2) is 0 Å². The first-order chi connectivity index (χ1) is 12.2. The summed E-state index contributed by atoms with van der Waals surface area (Å²) in [7, 11) is 0. The van der Waals surface area contributed by atoms with E-state index in [1.54, 1.807) is 6.26 Å². The number of aryl methyl sites for hydroxylation is 1. The number of carbonyl (C=O) groups is 1. The number of hydrogen-bond acceptors (Lipinski definition) is 3. The monoisotopic (exact) mass is 336 g/mol. The van der Waals surface area contributed by atoms with Crippen molar-refractivity contribution in [3.8, 4) is 0 Å². The number of hydrogen-bond donors (Lipinski definition) is 0. The molecule has 4 heterocycles. The summed E-state index contributed by atoms with van der Waals surface area (Å²) >= 11 is 0. The van der Waals surface area contributed by atoms with Crippen LogP contribution in [0.5, 0.6) is 0 Å². The highest BCUT2D eigenvalue weighted by Crippen LogP contribution is 2.56. The Morgan fingerprint density at radius 3 is 2.92 bits per heavy atom. The van der Waals surface area contributed by atoms with E-state index in [1.165, 1.54) is 11.1 Å². The maximum Gasteiger partial charge on any atom is 0.243 e. The van der Waals surface area contributed by atoms with Crippen molar-refractivity contribution in [1.29, 1.82) is 0 Å². The highest BCUT2D eigenvalue weighted by Gasteiger charge is 2.65. The van der Waals surface area contributed by atoms with Gasteiger partial charge in [0.05, 0.1) is 12.3 Å². The molecule has 0 saturated carbocycles. The maximum atomic E-state index is 13.5. The van der Waals surface area contributed by atoms with Crippen LogP contribution in [0.15, 0.2) is 47.1 Å². The second kappa shape index (κ2) is 5.46. The summed E-state index contributed by atoms with van der Waals surface area (Å²) in [6.07, 6.45) is 4.89. The van der Waals surface area contributed by atoms with Crippen molar-refractivity contribution in [2.24, 2.45) is 5.92 Å². The molecule has 1 aromatic carbocycles. The van der Waals surface area contributed by atoms with Crippen LogP contribution in [0, 0.1) is 12.8 Å². The highest BCUT2D eigenvalue weighted by atomic mass is 16.3. The molecule has 3 atom stereocenters. The summed E-state index contributed by atoms with van der Waals surface area (Å²) in [5, 5.41) is 0.